The molecule has 0 aliphatic heterocycles. The summed E-state index contributed by atoms with van der Waals surface area (Å²) < 4.78 is 9.63. The maximum absolute atomic E-state index is 12.0. The maximum atomic E-state index is 12.0. The van der Waals surface area contributed by atoms with Gasteiger partial charge in [-0.3, -0.25) is 9.59 Å². The molecule has 0 saturated heterocycles. The van der Waals surface area contributed by atoms with Crippen molar-refractivity contribution < 1.29 is 19.1 Å². The normalized spacial score (nSPS) is 13.9. The molecule has 0 aromatic rings. The predicted octanol–water partition coefficient (Wildman–Crippen LogP) is 3.73. The van der Waals surface area contributed by atoms with Gasteiger partial charge in [0.15, 0.2) is 5.92 Å². The summed E-state index contributed by atoms with van der Waals surface area (Å²) in [5.41, 5.74) is -0.386. The van der Waals surface area contributed by atoms with Gasteiger partial charge in [0.1, 0.15) is 0 Å². The Morgan fingerprint density at radius 1 is 0.900 bits per heavy atom. The molecule has 0 aromatic heterocycles. The molecule has 0 radical (unpaired) electrons. The Balaban J connectivity index is 5.02. The highest BCUT2D eigenvalue weighted by atomic mass is 16.5. The average Bonchev–Trinajstić information content (AvgIpc) is 2.43. The van der Waals surface area contributed by atoms with E-state index in [4.69, 9.17) is 9.47 Å². The molecule has 0 rings (SSSR count). The van der Waals surface area contributed by atoms with Crippen molar-refractivity contribution in [2.24, 2.45) is 11.3 Å². The zero-order valence-electron chi connectivity index (χ0n) is 13.7. The summed E-state index contributed by atoms with van der Waals surface area (Å²) in [6.07, 6.45) is 7.09. The molecular weight excluding hydrogens is 256 g/mol. The Kier molecular flexibility index (Phi) is 9.26. The SMILES string of the molecule is CCCCCCC(C)(CCC)C(C(=O)OC)C(=O)OC. The van der Waals surface area contributed by atoms with E-state index in [0.717, 1.165) is 32.1 Å². The second-order valence-corrected chi connectivity index (χ2v) is 5.69. The second-order valence-electron chi connectivity index (χ2n) is 5.69. The molecule has 118 valence electrons. The van der Waals surface area contributed by atoms with Crippen LogP contribution < -0.4 is 0 Å². The number of unbranched alkanes of at least 4 members (excludes halogenated alkanes) is 3. The Hall–Kier alpha value is -1.06. The van der Waals surface area contributed by atoms with E-state index >= 15 is 0 Å². The van der Waals surface area contributed by atoms with E-state index in [0.29, 0.717) is 0 Å². The van der Waals surface area contributed by atoms with Gasteiger partial charge in [-0.15, -0.1) is 0 Å². The highest BCUT2D eigenvalue weighted by molar-refractivity contribution is 5.95. The number of hydrogen-bond acceptors (Lipinski definition) is 4. The van der Waals surface area contributed by atoms with Crippen molar-refractivity contribution in [2.45, 2.75) is 65.7 Å². The summed E-state index contributed by atoms with van der Waals surface area (Å²) in [4.78, 5) is 24.0. The minimum Gasteiger partial charge on any atom is -0.468 e. The van der Waals surface area contributed by atoms with E-state index in [1.165, 1.54) is 27.1 Å². The fourth-order valence-electron chi connectivity index (χ4n) is 2.84. The number of hydrogen-bond donors (Lipinski definition) is 0. The summed E-state index contributed by atoms with van der Waals surface area (Å²) in [5, 5.41) is 0. The van der Waals surface area contributed by atoms with Gasteiger partial charge in [0.2, 0.25) is 0 Å². The topological polar surface area (TPSA) is 52.6 Å². The Morgan fingerprint density at radius 2 is 1.45 bits per heavy atom. The Bertz CT molecular complexity index is 285. The van der Waals surface area contributed by atoms with Crippen LogP contribution in [0, 0.1) is 11.3 Å². The molecule has 1 unspecified atom stereocenters. The first-order chi connectivity index (χ1) is 9.46. The third-order valence-electron chi connectivity index (χ3n) is 3.99. The van der Waals surface area contributed by atoms with Crippen LogP contribution >= 0.6 is 0 Å². The van der Waals surface area contributed by atoms with Crippen LogP contribution in [0.1, 0.15) is 65.7 Å². The van der Waals surface area contributed by atoms with Crippen LogP contribution in [-0.4, -0.2) is 26.2 Å². The number of ether oxygens (including phenoxy) is 2. The van der Waals surface area contributed by atoms with Gasteiger partial charge in [0.05, 0.1) is 14.2 Å². The van der Waals surface area contributed by atoms with Gasteiger partial charge >= 0.3 is 11.9 Å². The van der Waals surface area contributed by atoms with Crippen LogP contribution in [0.25, 0.3) is 0 Å². The van der Waals surface area contributed by atoms with Gasteiger partial charge in [-0.25, -0.2) is 0 Å². The van der Waals surface area contributed by atoms with E-state index in [2.05, 4.69) is 13.8 Å². The smallest absolute Gasteiger partial charge is 0.320 e. The molecule has 0 spiro atoms. The van der Waals surface area contributed by atoms with Crippen molar-refractivity contribution in [1.29, 1.82) is 0 Å². The van der Waals surface area contributed by atoms with Crippen LogP contribution in [0.15, 0.2) is 0 Å². The minimum absolute atomic E-state index is 0.386. The lowest BCUT2D eigenvalue weighted by atomic mass is 9.70. The van der Waals surface area contributed by atoms with Crippen molar-refractivity contribution in [3.63, 3.8) is 0 Å². The summed E-state index contributed by atoms with van der Waals surface area (Å²) in [6, 6.07) is 0. The van der Waals surface area contributed by atoms with Gasteiger partial charge in [-0.05, 0) is 18.3 Å². The van der Waals surface area contributed by atoms with Gasteiger partial charge < -0.3 is 9.47 Å². The minimum atomic E-state index is -0.820. The standard InChI is InChI=1S/C16H30O4/c1-6-8-9-10-12-16(3,11-7-2)13(14(17)19-4)15(18)20-5/h13H,6-12H2,1-5H3. The first kappa shape index (κ1) is 18.9. The van der Waals surface area contributed by atoms with Gasteiger partial charge in [0, 0.05) is 0 Å². The highest BCUT2D eigenvalue weighted by Gasteiger charge is 2.44. The molecule has 1 atom stereocenters. The third-order valence-corrected chi connectivity index (χ3v) is 3.99. The maximum Gasteiger partial charge on any atom is 0.320 e. The molecule has 0 fully saturated rings. The number of esters is 2. The van der Waals surface area contributed by atoms with Crippen LogP contribution in [0.4, 0.5) is 0 Å². The van der Waals surface area contributed by atoms with E-state index in [9.17, 15) is 9.59 Å². The number of rotatable bonds is 10. The molecular formula is C16H30O4. The van der Waals surface area contributed by atoms with E-state index in [1.54, 1.807) is 0 Å². The van der Waals surface area contributed by atoms with Crippen molar-refractivity contribution in [1.82, 2.24) is 0 Å². The molecule has 0 aliphatic carbocycles. The monoisotopic (exact) mass is 286 g/mol. The zero-order chi connectivity index (χ0) is 15.6. The average molecular weight is 286 g/mol. The molecule has 4 heteroatoms. The van der Waals surface area contributed by atoms with Crippen LogP contribution in [-0.2, 0) is 19.1 Å². The molecule has 0 aliphatic rings. The van der Waals surface area contributed by atoms with E-state index in [1.807, 2.05) is 6.92 Å². The zero-order valence-corrected chi connectivity index (χ0v) is 13.7. The summed E-state index contributed by atoms with van der Waals surface area (Å²) in [7, 11) is 2.64. The fraction of sp³-hybridized carbons (Fsp3) is 0.875. The number of carbonyl (C=O) groups excluding carboxylic acids is 2. The van der Waals surface area contributed by atoms with E-state index < -0.39 is 17.9 Å². The molecule has 20 heavy (non-hydrogen) atoms. The fourth-order valence-corrected chi connectivity index (χ4v) is 2.84. The molecule has 0 N–H and O–H groups in total. The Morgan fingerprint density at radius 3 is 1.85 bits per heavy atom. The van der Waals surface area contributed by atoms with Crippen molar-refractivity contribution in [2.75, 3.05) is 14.2 Å². The van der Waals surface area contributed by atoms with Crippen LogP contribution in [0.3, 0.4) is 0 Å². The lowest BCUT2D eigenvalue weighted by molar-refractivity contribution is -0.166. The lowest BCUT2D eigenvalue weighted by Crippen LogP contribution is -2.40. The van der Waals surface area contributed by atoms with Crippen LogP contribution in [0.5, 0.6) is 0 Å². The molecule has 0 amide bonds. The first-order valence-corrected chi connectivity index (χ1v) is 7.62. The van der Waals surface area contributed by atoms with Gasteiger partial charge in [-0.1, -0.05) is 52.9 Å². The summed E-state index contributed by atoms with van der Waals surface area (Å²) in [5.74, 6) is -1.79. The van der Waals surface area contributed by atoms with E-state index in [-0.39, 0.29) is 5.41 Å². The van der Waals surface area contributed by atoms with Crippen molar-refractivity contribution >= 4 is 11.9 Å². The van der Waals surface area contributed by atoms with Crippen LogP contribution in [0.2, 0.25) is 0 Å². The highest BCUT2D eigenvalue weighted by Crippen LogP contribution is 2.39. The summed E-state index contributed by atoms with van der Waals surface area (Å²) in [6.45, 7) is 6.23. The molecule has 4 nitrogen and oxygen atoms in total. The van der Waals surface area contributed by atoms with Crippen molar-refractivity contribution in [3.8, 4) is 0 Å². The molecule has 0 bridgehead atoms. The number of carbonyl (C=O) groups is 2. The van der Waals surface area contributed by atoms with Crippen molar-refractivity contribution in [3.05, 3.63) is 0 Å². The van der Waals surface area contributed by atoms with Gasteiger partial charge in [-0.2, -0.15) is 0 Å². The Labute approximate surface area is 123 Å². The first-order valence-electron chi connectivity index (χ1n) is 7.62. The second kappa shape index (κ2) is 9.78. The third kappa shape index (κ3) is 5.51. The lowest BCUT2D eigenvalue weighted by Gasteiger charge is -2.34. The predicted molar refractivity (Wildman–Crippen MR) is 79.3 cm³/mol. The number of methoxy groups -OCH3 is 2. The summed E-state index contributed by atoms with van der Waals surface area (Å²) >= 11 is 0. The molecule has 0 aromatic carbocycles. The van der Waals surface area contributed by atoms with Gasteiger partial charge in [0.25, 0.3) is 0 Å². The molecule has 0 heterocycles. The quantitative estimate of drug-likeness (QED) is 0.349. The largest absolute Gasteiger partial charge is 0.468 e. The molecule has 0 saturated carbocycles.